The van der Waals surface area contributed by atoms with Crippen molar-refractivity contribution in [3.63, 3.8) is 0 Å². The van der Waals surface area contributed by atoms with E-state index in [0.29, 0.717) is 23.3 Å². The molecule has 2 bridgehead atoms. The lowest BCUT2D eigenvalue weighted by atomic mass is 9.98. The number of benzene rings is 4. The predicted molar refractivity (Wildman–Crippen MR) is 227 cm³/mol. The first-order chi connectivity index (χ1) is 29.6. The molecule has 0 radical (unpaired) electrons. The van der Waals surface area contributed by atoms with Crippen molar-refractivity contribution in [2.24, 2.45) is 0 Å². The summed E-state index contributed by atoms with van der Waals surface area (Å²) in [6, 6.07) is 32.1. The van der Waals surface area contributed by atoms with Gasteiger partial charge in [-0.15, -0.1) is 0 Å². The Balaban J connectivity index is 1.34. The molecule has 4 aromatic carbocycles. The van der Waals surface area contributed by atoms with Crippen LogP contribution in [0.3, 0.4) is 0 Å². The van der Waals surface area contributed by atoms with E-state index in [2.05, 4.69) is 31.6 Å². The van der Waals surface area contributed by atoms with Crippen molar-refractivity contribution in [2.45, 2.75) is 62.7 Å². The van der Waals surface area contributed by atoms with Gasteiger partial charge in [-0.05, 0) is 70.5 Å². The van der Waals surface area contributed by atoms with Crippen LogP contribution in [0.5, 0.6) is 5.75 Å². The van der Waals surface area contributed by atoms with Gasteiger partial charge in [0.05, 0.1) is 6.42 Å². The van der Waals surface area contributed by atoms with Crippen molar-refractivity contribution in [3.8, 4) is 16.9 Å². The fourth-order valence-electron chi connectivity index (χ4n) is 6.88. The van der Waals surface area contributed by atoms with Gasteiger partial charge in [0.2, 0.25) is 23.6 Å². The summed E-state index contributed by atoms with van der Waals surface area (Å²) in [7, 11) is 0. The van der Waals surface area contributed by atoms with Crippen LogP contribution in [0, 0.1) is 0 Å². The van der Waals surface area contributed by atoms with E-state index in [1.165, 1.54) is 0 Å². The summed E-state index contributed by atoms with van der Waals surface area (Å²) in [5, 5.41) is 23.1. The van der Waals surface area contributed by atoms with Crippen molar-refractivity contribution >= 4 is 35.5 Å². The maximum absolute atomic E-state index is 14.5. The molecule has 2 aliphatic rings. The monoisotopic (exact) mass is 824 g/mol. The number of carboxylic acids is 1. The summed E-state index contributed by atoms with van der Waals surface area (Å²) in [4.78, 5) is 85.2. The number of fused-ring (bicyclic) bond motifs is 16. The second kappa shape index (κ2) is 21.6. The molecule has 5 aromatic rings. The molecule has 2 aliphatic heterocycles. The van der Waals surface area contributed by atoms with Crippen molar-refractivity contribution in [1.29, 1.82) is 0 Å². The predicted octanol–water partition coefficient (Wildman–Crippen LogP) is 3.33. The Morgan fingerprint density at radius 1 is 0.639 bits per heavy atom. The Hall–Kier alpha value is -7.35. The highest BCUT2D eigenvalue weighted by molar-refractivity contribution is 5.96. The Labute approximate surface area is 353 Å². The van der Waals surface area contributed by atoms with Gasteiger partial charge in [0, 0.05) is 38.2 Å². The molecule has 0 saturated heterocycles. The Morgan fingerprint density at radius 3 is 1.87 bits per heavy atom. The minimum Gasteiger partial charge on any atom is -0.484 e. The highest BCUT2D eigenvalue weighted by Crippen LogP contribution is 2.20. The van der Waals surface area contributed by atoms with Crippen LogP contribution in [0.25, 0.3) is 11.1 Å². The van der Waals surface area contributed by atoms with Gasteiger partial charge < -0.3 is 36.4 Å². The van der Waals surface area contributed by atoms with Crippen LogP contribution in [0.1, 0.15) is 35.1 Å². The first kappa shape index (κ1) is 43.2. The number of nitrogens with zero attached hydrogens (tertiary/aromatic N) is 1. The number of aryl methyl sites for hydroxylation is 1. The van der Waals surface area contributed by atoms with Crippen LogP contribution >= 0.6 is 0 Å². The number of carboxylic acid groups (broad SMARTS) is 1. The maximum atomic E-state index is 14.5. The van der Waals surface area contributed by atoms with E-state index in [1.54, 1.807) is 48.8 Å². The number of carbonyl (C=O) groups is 6. The quantitative estimate of drug-likeness (QED) is 0.102. The smallest absolute Gasteiger partial charge is 0.305 e. The van der Waals surface area contributed by atoms with Crippen LogP contribution in [0.15, 0.2) is 134 Å². The molecule has 1 unspecified atom stereocenters. The van der Waals surface area contributed by atoms with Gasteiger partial charge in [0.25, 0.3) is 5.91 Å². The van der Waals surface area contributed by atoms with E-state index in [4.69, 9.17) is 9.84 Å². The summed E-state index contributed by atoms with van der Waals surface area (Å²) in [5.41, 5.74) is 4.92. The van der Waals surface area contributed by atoms with Crippen LogP contribution in [0.4, 0.5) is 0 Å². The molecule has 0 aliphatic carbocycles. The highest BCUT2D eigenvalue weighted by atomic mass is 16.5. The van der Waals surface area contributed by atoms with Crippen molar-refractivity contribution in [1.82, 2.24) is 31.6 Å². The summed E-state index contributed by atoms with van der Waals surface area (Å²) in [6.45, 7) is -0.593. The molecule has 5 amide bonds. The standard InChI is InChI=1S/C47H48N6O8/c54-42-30-61-37-18-13-33(14-19-37)27-39(44(57)49-26-23-43(55)56)52-45(58)38(20-15-31-7-3-1-4-8-31)51-47(60)41(53-46(59)40(50-42)29-34-21-24-48-25-22-34)28-32-11-16-36(17-12-32)35-9-5-2-6-10-35/h1-14,16-19,21-22,24-25,38-41H,15,20,23,26-30H2,(H,49,57)(H,50,54)(H,51,60)(H,52,58)(H,53,59)(H,55,56)/t38?,39-,40-,41+/m0/s1. The largest absolute Gasteiger partial charge is 0.484 e. The van der Waals surface area contributed by atoms with Crippen LogP contribution in [-0.2, 0) is 54.5 Å². The average molecular weight is 825 g/mol. The van der Waals surface area contributed by atoms with Gasteiger partial charge in [-0.3, -0.25) is 33.8 Å². The number of aromatic nitrogens is 1. The van der Waals surface area contributed by atoms with Gasteiger partial charge in [-0.1, -0.05) is 97.1 Å². The molecule has 4 atom stereocenters. The number of nitrogens with one attached hydrogen (secondary N) is 5. The minimum absolute atomic E-state index is 0.0130. The molecule has 1 aromatic heterocycles. The molecule has 14 nitrogen and oxygen atoms in total. The number of ether oxygens (including phenoxy) is 1. The number of pyridine rings is 1. The number of aliphatic carboxylic acids is 1. The number of hydrogen-bond donors (Lipinski definition) is 6. The van der Waals surface area contributed by atoms with Gasteiger partial charge in [0.1, 0.15) is 29.9 Å². The van der Waals surface area contributed by atoms with Crippen molar-refractivity contribution < 1.29 is 38.6 Å². The third kappa shape index (κ3) is 13.3. The maximum Gasteiger partial charge on any atom is 0.305 e. The first-order valence-electron chi connectivity index (χ1n) is 20.1. The molecule has 6 N–H and O–H groups in total. The fraction of sp³-hybridized carbons (Fsp3) is 0.255. The third-order valence-corrected chi connectivity index (χ3v) is 10.2. The number of carbonyl (C=O) groups excluding carboxylic acids is 5. The third-order valence-electron chi connectivity index (χ3n) is 10.2. The summed E-state index contributed by atoms with van der Waals surface area (Å²) in [5.74, 6) is -3.92. The topological polar surface area (TPSA) is 205 Å². The number of hydrogen-bond acceptors (Lipinski definition) is 8. The lowest BCUT2D eigenvalue weighted by Gasteiger charge is -2.27. The average Bonchev–Trinajstić information content (AvgIpc) is 3.27. The zero-order valence-electron chi connectivity index (χ0n) is 33.4. The summed E-state index contributed by atoms with van der Waals surface area (Å²) >= 11 is 0. The van der Waals surface area contributed by atoms with E-state index in [9.17, 15) is 28.8 Å². The SMILES string of the molecule is O=C(O)CCNC(=O)[C@@H]1Cc2ccc(cc2)OCC(=O)N[C@@H](Cc2ccncc2)C(=O)N[C@H](Cc2ccc(-c3ccccc3)cc2)C(=O)NC(CCc2ccccc2)C(=O)N1. The van der Waals surface area contributed by atoms with Crippen molar-refractivity contribution in [2.75, 3.05) is 13.2 Å². The van der Waals surface area contributed by atoms with E-state index in [0.717, 1.165) is 22.3 Å². The Morgan fingerprint density at radius 2 is 1.21 bits per heavy atom. The van der Waals surface area contributed by atoms with E-state index < -0.39 is 66.3 Å². The lowest BCUT2D eigenvalue weighted by molar-refractivity contribution is -0.137. The van der Waals surface area contributed by atoms with E-state index >= 15 is 0 Å². The van der Waals surface area contributed by atoms with Crippen LogP contribution in [-0.4, -0.2) is 82.9 Å². The van der Waals surface area contributed by atoms with Gasteiger partial charge in [-0.2, -0.15) is 0 Å². The molecule has 3 heterocycles. The minimum atomic E-state index is -1.22. The molecular weight excluding hydrogens is 777 g/mol. The van der Waals surface area contributed by atoms with E-state index in [1.807, 2.05) is 84.9 Å². The molecule has 0 fully saturated rings. The van der Waals surface area contributed by atoms with Gasteiger partial charge in [-0.25, -0.2) is 0 Å². The Kier molecular flexibility index (Phi) is 15.3. The zero-order chi connectivity index (χ0) is 43.0. The molecule has 7 rings (SSSR count). The zero-order valence-corrected chi connectivity index (χ0v) is 33.4. The highest BCUT2D eigenvalue weighted by Gasteiger charge is 2.32. The first-order valence-corrected chi connectivity index (χ1v) is 20.1. The number of rotatable bonds is 12. The lowest BCUT2D eigenvalue weighted by Crippen LogP contribution is -2.59. The van der Waals surface area contributed by atoms with Gasteiger partial charge in [0.15, 0.2) is 6.61 Å². The molecule has 61 heavy (non-hydrogen) atoms. The van der Waals surface area contributed by atoms with Crippen LogP contribution < -0.4 is 31.3 Å². The summed E-state index contributed by atoms with van der Waals surface area (Å²) in [6.07, 6.45) is 3.46. The van der Waals surface area contributed by atoms with Crippen molar-refractivity contribution in [3.05, 3.63) is 156 Å². The second-order valence-electron chi connectivity index (χ2n) is 14.7. The normalized spacial score (nSPS) is 18.8. The molecule has 14 heteroatoms. The van der Waals surface area contributed by atoms with Gasteiger partial charge >= 0.3 is 5.97 Å². The Bertz CT molecular complexity index is 2260. The second-order valence-corrected chi connectivity index (χ2v) is 14.7. The molecular formula is C47H48N6O8. The summed E-state index contributed by atoms with van der Waals surface area (Å²) < 4.78 is 5.75. The van der Waals surface area contributed by atoms with Crippen LogP contribution in [0.2, 0.25) is 0 Å². The van der Waals surface area contributed by atoms with E-state index in [-0.39, 0.29) is 38.6 Å². The molecule has 0 spiro atoms. The fourth-order valence-corrected chi connectivity index (χ4v) is 6.88. The molecule has 314 valence electrons. The molecule has 0 saturated carbocycles. The number of amides is 5.